The maximum absolute atomic E-state index is 14.7. The van der Waals surface area contributed by atoms with Crippen LogP contribution in [0.1, 0.15) is 29.9 Å². The summed E-state index contributed by atoms with van der Waals surface area (Å²) in [5.41, 5.74) is 0.912. The number of phenolic OH excluding ortho intramolecular Hbond substituents is 1. The van der Waals surface area contributed by atoms with Gasteiger partial charge < -0.3 is 24.3 Å². The molecule has 188 valence electrons. The predicted octanol–water partition coefficient (Wildman–Crippen LogP) is 6.05. The van der Waals surface area contributed by atoms with Crippen LogP contribution < -0.4 is 4.74 Å². The molecule has 0 aliphatic carbocycles. The number of phenols is 1. The molecule has 0 unspecified atom stereocenters. The first kappa shape index (κ1) is 25.1. The van der Waals surface area contributed by atoms with Gasteiger partial charge in [-0.2, -0.15) is 4.39 Å². The maximum Gasteiger partial charge on any atom is 0.335 e. The number of carboxylic acid groups (broad SMARTS) is 1. The molecule has 0 amide bonds. The normalized spacial score (nSPS) is 11.8. The van der Waals surface area contributed by atoms with Crippen molar-refractivity contribution >= 4 is 16.9 Å². The van der Waals surface area contributed by atoms with Crippen LogP contribution in [0.3, 0.4) is 0 Å². The number of carboxylic acids is 1. The molecule has 0 bridgehead atoms. The maximum atomic E-state index is 14.7. The summed E-state index contributed by atoms with van der Waals surface area (Å²) in [6.45, 7) is 3.87. The van der Waals surface area contributed by atoms with Crippen LogP contribution in [0.15, 0.2) is 48.5 Å². The first-order valence-corrected chi connectivity index (χ1v) is 10.9. The van der Waals surface area contributed by atoms with Gasteiger partial charge in [0, 0.05) is 34.9 Å². The number of hydrogen-bond donors (Lipinski definition) is 2. The predicted molar refractivity (Wildman–Crippen MR) is 129 cm³/mol. The average molecular weight is 499 g/mol. The topological polar surface area (TPSA) is 80.9 Å². The first-order valence-electron chi connectivity index (χ1n) is 10.9. The second-order valence-corrected chi connectivity index (χ2v) is 8.99. The Morgan fingerprint density at radius 1 is 1.00 bits per heavy atom. The molecule has 0 spiro atoms. The van der Waals surface area contributed by atoms with E-state index in [0.717, 1.165) is 6.07 Å². The Balaban J connectivity index is 2.23. The van der Waals surface area contributed by atoms with Gasteiger partial charge in [-0.1, -0.05) is 19.9 Å². The molecular formula is C27H24F3NO5. The molecule has 9 heteroatoms. The smallest absolute Gasteiger partial charge is 0.335 e. The van der Waals surface area contributed by atoms with Crippen LogP contribution in [0.25, 0.3) is 27.7 Å². The standard InChI is InChI=1S/C27H24F3NO5/c1-27(2,13-35-3)25-21(15-7-10-18(28)20(11-15)36-4)17-12-19(29)22(30)24(32)23(17)31(25)16-8-5-14(6-9-16)26(33)34/h5-12,32H,13H2,1-4H3,(H,33,34). The zero-order chi connectivity index (χ0) is 26.4. The lowest BCUT2D eigenvalue weighted by molar-refractivity contribution is 0.0697. The second-order valence-electron chi connectivity index (χ2n) is 8.99. The van der Waals surface area contributed by atoms with E-state index in [1.165, 1.54) is 56.7 Å². The van der Waals surface area contributed by atoms with Crippen molar-refractivity contribution in [1.82, 2.24) is 4.57 Å². The molecule has 1 heterocycles. The molecule has 0 radical (unpaired) electrons. The van der Waals surface area contributed by atoms with Crippen LogP contribution in [0.5, 0.6) is 11.5 Å². The first-order chi connectivity index (χ1) is 17.0. The van der Waals surface area contributed by atoms with Gasteiger partial charge in [0.25, 0.3) is 0 Å². The summed E-state index contributed by atoms with van der Waals surface area (Å²) >= 11 is 0. The highest BCUT2D eigenvalue weighted by atomic mass is 19.2. The van der Waals surface area contributed by atoms with Crippen LogP contribution in [0.4, 0.5) is 13.2 Å². The van der Waals surface area contributed by atoms with Crippen molar-refractivity contribution in [2.75, 3.05) is 20.8 Å². The minimum absolute atomic E-state index is 0.0258. The van der Waals surface area contributed by atoms with E-state index in [-0.39, 0.29) is 28.8 Å². The van der Waals surface area contributed by atoms with Crippen molar-refractivity contribution < 1.29 is 37.7 Å². The lowest BCUT2D eigenvalue weighted by atomic mass is 9.84. The molecule has 0 aliphatic heterocycles. The summed E-state index contributed by atoms with van der Waals surface area (Å²) < 4.78 is 55.7. The summed E-state index contributed by atoms with van der Waals surface area (Å²) in [6.07, 6.45) is 0. The molecule has 0 fully saturated rings. The number of ether oxygens (including phenoxy) is 2. The van der Waals surface area contributed by atoms with Crippen LogP contribution in [-0.2, 0) is 10.2 Å². The van der Waals surface area contributed by atoms with Gasteiger partial charge >= 0.3 is 5.97 Å². The summed E-state index contributed by atoms with van der Waals surface area (Å²) in [7, 11) is 2.82. The molecule has 0 saturated heterocycles. The van der Waals surface area contributed by atoms with Gasteiger partial charge in [0.05, 0.1) is 24.8 Å². The number of aromatic carboxylic acids is 1. The van der Waals surface area contributed by atoms with E-state index < -0.39 is 34.6 Å². The van der Waals surface area contributed by atoms with E-state index in [2.05, 4.69) is 0 Å². The summed E-state index contributed by atoms with van der Waals surface area (Å²) in [5, 5.41) is 20.3. The van der Waals surface area contributed by atoms with Crippen molar-refractivity contribution in [3.05, 3.63) is 77.2 Å². The molecule has 1 aromatic heterocycles. The van der Waals surface area contributed by atoms with Crippen molar-refractivity contribution in [2.45, 2.75) is 19.3 Å². The van der Waals surface area contributed by atoms with E-state index in [4.69, 9.17) is 9.47 Å². The van der Waals surface area contributed by atoms with Crippen molar-refractivity contribution in [3.63, 3.8) is 0 Å². The number of fused-ring (bicyclic) bond motifs is 1. The van der Waals surface area contributed by atoms with Gasteiger partial charge in [0.1, 0.15) is 0 Å². The van der Waals surface area contributed by atoms with Crippen LogP contribution >= 0.6 is 0 Å². The molecule has 6 nitrogen and oxygen atoms in total. The Hall–Kier alpha value is -3.98. The second kappa shape index (κ2) is 9.23. The van der Waals surface area contributed by atoms with Gasteiger partial charge in [-0.15, -0.1) is 0 Å². The molecule has 4 rings (SSSR count). The van der Waals surface area contributed by atoms with Gasteiger partial charge in [0.15, 0.2) is 23.1 Å². The molecule has 36 heavy (non-hydrogen) atoms. The molecule has 0 atom stereocenters. The van der Waals surface area contributed by atoms with Gasteiger partial charge in [-0.25, -0.2) is 13.6 Å². The van der Waals surface area contributed by atoms with Crippen molar-refractivity contribution in [3.8, 4) is 28.3 Å². The van der Waals surface area contributed by atoms with E-state index >= 15 is 0 Å². The van der Waals surface area contributed by atoms with Gasteiger partial charge in [0.2, 0.25) is 5.82 Å². The number of nitrogens with zero attached hydrogens (tertiary/aromatic N) is 1. The largest absolute Gasteiger partial charge is 0.503 e. The number of halogens is 3. The SMILES string of the molecule is COCC(C)(C)c1c(-c2ccc(F)c(OC)c2)c2cc(F)c(F)c(O)c2n1-c1ccc(C(=O)O)cc1. The fraction of sp³-hybridized carbons (Fsp3) is 0.222. The molecule has 4 aromatic rings. The third kappa shape index (κ3) is 4.05. The monoisotopic (exact) mass is 499 g/mol. The number of aromatic hydroxyl groups is 1. The fourth-order valence-electron chi connectivity index (χ4n) is 4.56. The number of hydrogen-bond acceptors (Lipinski definition) is 4. The Kier molecular flexibility index (Phi) is 6.44. The van der Waals surface area contributed by atoms with E-state index in [1.807, 2.05) is 13.8 Å². The van der Waals surface area contributed by atoms with Crippen LogP contribution in [-0.4, -0.2) is 41.6 Å². The zero-order valence-corrected chi connectivity index (χ0v) is 20.0. The summed E-state index contributed by atoms with van der Waals surface area (Å²) in [6, 6.07) is 10.8. The number of benzene rings is 3. The lowest BCUT2D eigenvalue weighted by Crippen LogP contribution is -2.27. The molecule has 0 saturated carbocycles. The lowest BCUT2D eigenvalue weighted by Gasteiger charge is -2.28. The third-order valence-electron chi connectivity index (χ3n) is 6.08. The highest BCUT2D eigenvalue weighted by Gasteiger charge is 2.34. The minimum atomic E-state index is -1.43. The highest BCUT2D eigenvalue weighted by molar-refractivity contribution is 6.03. The summed E-state index contributed by atoms with van der Waals surface area (Å²) in [5.74, 6) is -5.39. The fourth-order valence-corrected chi connectivity index (χ4v) is 4.56. The van der Waals surface area contributed by atoms with Crippen LogP contribution in [0.2, 0.25) is 0 Å². The zero-order valence-electron chi connectivity index (χ0n) is 20.0. The Morgan fingerprint density at radius 2 is 1.67 bits per heavy atom. The molecule has 2 N–H and O–H groups in total. The molecule has 0 aliphatic rings. The molecule has 3 aromatic carbocycles. The summed E-state index contributed by atoms with van der Waals surface area (Å²) in [4.78, 5) is 11.4. The number of aromatic nitrogens is 1. The number of carbonyl (C=O) groups is 1. The van der Waals surface area contributed by atoms with Gasteiger partial charge in [-0.3, -0.25) is 0 Å². The van der Waals surface area contributed by atoms with E-state index in [0.29, 0.717) is 22.5 Å². The Morgan fingerprint density at radius 3 is 2.25 bits per heavy atom. The third-order valence-corrected chi connectivity index (χ3v) is 6.08. The van der Waals surface area contributed by atoms with E-state index in [9.17, 15) is 28.2 Å². The van der Waals surface area contributed by atoms with Crippen molar-refractivity contribution in [2.24, 2.45) is 0 Å². The van der Waals surface area contributed by atoms with Crippen molar-refractivity contribution in [1.29, 1.82) is 0 Å². The number of methoxy groups -OCH3 is 2. The Bertz CT molecular complexity index is 1480. The highest BCUT2D eigenvalue weighted by Crippen LogP contribution is 2.47. The van der Waals surface area contributed by atoms with E-state index in [1.54, 1.807) is 4.57 Å². The van der Waals surface area contributed by atoms with Crippen LogP contribution in [0, 0.1) is 17.5 Å². The van der Waals surface area contributed by atoms with Gasteiger partial charge in [-0.05, 0) is 48.0 Å². The minimum Gasteiger partial charge on any atom is -0.503 e. The molecular weight excluding hydrogens is 475 g/mol. The number of rotatable bonds is 7. The quantitative estimate of drug-likeness (QED) is 0.324. The average Bonchev–Trinajstić information content (AvgIpc) is 3.19. The Labute approximate surface area is 205 Å².